The number of urea groups is 1. The van der Waals surface area contributed by atoms with E-state index in [0.717, 1.165) is 29.0 Å². The van der Waals surface area contributed by atoms with Crippen molar-refractivity contribution in [3.8, 4) is 0 Å². The van der Waals surface area contributed by atoms with Crippen LogP contribution in [0.2, 0.25) is 0 Å². The van der Waals surface area contributed by atoms with E-state index in [2.05, 4.69) is 15.6 Å². The van der Waals surface area contributed by atoms with Gasteiger partial charge in [-0.1, -0.05) is 12.1 Å². The third-order valence-electron chi connectivity index (χ3n) is 4.71. The molecule has 2 N–H and O–H groups in total. The second-order valence-electron chi connectivity index (χ2n) is 6.79. The lowest BCUT2D eigenvalue weighted by molar-refractivity contribution is -0.137. The first-order valence-corrected chi connectivity index (χ1v) is 9.57. The van der Waals surface area contributed by atoms with E-state index in [1.165, 1.54) is 12.1 Å². The number of halogens is 3. The second-order valence-corrected chi connectivity index (χ2v) is 6.79. The molecule has 8 heteroatoms. The first-order chi connectivity index (χ1) is 14.3. The van der Waals surface area contributed by atoms with Crippen molar-refractivity contribution in [3.05, 3.63) is 65.2 Å². The van der Waals surface area contributed by atoms with Gasteiger partial charge in [0.2, 0.25) is 0 Å². The minimum absolute atomic E-state index is 0.0960. The van der Waals surface area contributed by atoms with Gasteiger partial charge in [-0.25, -0.2) is 4.79 Å². The van der Waals surface area contributed by atoms with Crippen molar-refractivity contribution in [1.29, 1.82) is 0 Å². The average molecular weight is 416 g/mol. The fourth-order valence-corrected chi connectivity index (χ4v) is 3.23. The largest absolute Gasteiger partial charge is 0.416 e. The molecule has 0 saturated carbocycles. The van der Waals surface area contributed by atoms with Gasteiger partial charge in [-0.05, 0) is 55.8 Å². The van der Waals surface area contributed by atoms with Crippen molar-refractivity contribution in [2.45, 2.75) is 26.6 Å². The van der Waals surface area contributed by atoms with Crippen LogP contribution in [0, 0.1) is 0 Å². The van der Waals surface area contributed by atoms with E-state index < -0.39 is 11.7 Å². The predicted octanol–water partition coefficient (Wildman–Crippen LogP) is 5.43. The van der Waals surface area contributed by atoms with Crippen LogP contribution in [0.3, 0.4) is 0 Å². The molecule has 30 heavy (non-hydrogen) atoms. The SMILES string of the molecule is CC=N/C(=C\C)c1cc(CN2CCNC2=O)ccc1Nc1ccc(C(F)(F)F)cc1. The number of carbonyl (C=O) groups excluding carboxylic acids is 1. The molecule has 2 amide bonds. The Hall–Kier alpha value is -3.29. The highest BCUT2D eigenvalue weighted by Crippen LogP contribution is 2.32. The summed E-state index contributed by atoms with van der Waals surface area (Å²) in [6.07, 6.45) is -0.835. The van der Waals surface area contributed by atoms with Gasteiger partial charge >= 0.3 is 12.2 Å². The van der Waals surface area contributed by atoms with Gasteiger partial charge in [0.25, 0.3) is 0 Å². The molecule has 1 fully saturated rings. The van der Waals surface area contributed by atoms with E-state index in [1.807, 2.05) is 38.1 Å². The van der Waals surface area contributed by atoms with E-state index in [4.69, 9.17) is 0 Å². The van der Waals surface area contributed by atoms with Crippen LogP contribution in [-0.4, -0.2) is 30.2 Å². The zero-order valence-electron chi connectivity index (χ0n) is 16.8. The molecule has 2 aromatic rings. The molecule has 3 rings (SSSR count). The second kappa shape index (κ2) is 9.02. The molecule has 0 radical (unpaired) electrons. The highest BCUT2D eigenvalue weighted by molar-refractivity contribution is 5.82. The number of hydrogen-bond donors (Lipinski definition) is 2. The molecule has 2 aromatic carbocycles. The lowest BCUT2D eigenvalue weighted by Crippen LogP contribution is -2.27. The van der Waals surface area contributed by atoms with Gasteiger partial charge in [-0.2, -0.15) is 13.2 Å². The highest BCUT2D eigenvalue weighted by atomic mass is 19.4. The number of rotatable bonds is 6. The summed E-state index contributed by atoms with van der Waals surface area (Å²) in [5.74, 6) is 0. The number of benzene rings is 2. The third-order valence-corrected chi connectivity index (χ3v) is 4.71. The normalized spacial score (nSPS) is 15.0. The minimum atomic E-state index is -4.37. The van der Waals surface area contributed by atoms with E-state index in [-0.39, 0.29) is 6.03 Å². The van der Waals surface area contributed by atoms with Crippen molar-refractivity contribution in [1.82, 2.24) is 10.2 Å². The summed E-state index contributed by atoms with van der Waals surface area (Å²) in [4.78, 5) is 18.0. The Morgan fingerprint density at radius 3 is 2.50 bits per heavy atom. The average Bonchev–Trinajstić information content (AvgIpc) is 3.11. The number of nitrogens with zero attached hydrogens (tertiary/aromatic N) is 2. The summed E-state index contributed by atoms with van der Waals surface area (Å²) in [6.45, 7) is 5.41. The van der Waals surface area contributed by atoms with Gasteiger partial charge in [-0.15, -0.1) is 0 Å². The summed E-state index contributed by atoms with van der Waals surface area (Å²) in [6, 6.07) is 10.5. The Morgan fingerprint density at radius 1 is 1.20 bits per heavy atom. The summed E-state index contributed by atoms with van der Waals surface area (Å²) in [5, 5.41) is 5.96. The molecule has 0 atom stereocenters. The third kappa shape index (κ3) is 5.00. The Morgan fingerprint density at radius 2 is 1.93 bits per heavy atom. The number of amides is 2. The van der Waals surface area contributed by atoms with Crippen molar-refractivity contribution >= 4 is 29.3 Å². The molecule has 1 aliphatic heterocycles. The Balaban J connectivity index is 1.91. The molecule has 0 aliphatic carbocycles. The first-order valence-electron chi connectivity index (χ1n) is 9.57. The molecule has 1 saturated heterocycles. The van der Waals surface area contributed by atoms with E-state index in [9.17, 15) is 18.0 Å². The topological polar surface area (TPSA) is 56.7 Å². The monoisotopic (exact) mass is 416 g/mol. The summed E-state index contributed by atoms with van der Waals surface area (Å²) < 4.78 is 38.4. The maximum Gasteiger partial charge on any atom is 0.416 e. The Kier molecular flexibility index (Phi) is 6.44. The van der Waals surface area contributed by atoms with Gasteiger partial charge < -0.3 is 15.5 Å². The van der Waals surface area contributed by atoms with Crippen LogP contribution in [0.25, 0.3) is 5.70 Å². The first kappa shape index (κ1) is 21.4. The molecule has 1 heterocycles. The van der Waals surface area contributed by atoms with Crippen LogP contribution in [0.4, 0.5) is 29.3 Å². The predicted molar refractivity (Wildman–Crippen MR) is 113 cm³/mol. The molecule has 0 aromatic heterocycles. The van der Waals surface area contributed by atoms with Crippen LogP contribution in [0.1, 0.15) is 30.5 Å². The van der Waals surface area contributed by atoms with Crippen molar-refractivity contribution in [2.75, 3.05) is 18.4 Å². The van der Waals surface area contributed by atoms with Crippen molar-refractivity contribution < 1.29 is 18.0 Å². The lowest BCUT2D eigenvalue weighted by Gasteiger charge is -2.18. The summed E-state index contributed by atoms with van der Waals surface area (Å²) in [7, 11) is 0. The van der Waals surface area contributed by atoms with E-state index >= 15 is 0 Å². The Bertz CT molecular complexity index is 965. The number of aliphatic imine (C=N–C) groups is 1. The smallest absolute Gasteiger partial charge is 0.355 e. The quantitative estimate of drug-likeness (QED) is 0.618. The molecule has 0 spiro atoms. The molecule has 0 bridgehead atoms. The van der Waals surface area contributed by atoms with Gasteiger partial charge in [0.05, 0.1) is 11.3 Å². The number of hydrogen-bond acceptors (Lipinski definition) is 3. The highest BCUT2D eigenvalue weighted by Gasteiger charge is 2.30. The number of carbonyl (C=O) groups is 1. The van der Waals surface area contributed by atoms with Crippen LogP contribution < -0.4 is 10.6 Å². The summed E-state index contributed by atoms with van der Waals surface area (Å²) >= 11 is 0. The van der Waals surface area contributed by atoms with Crippen LogP contribution in [0.15, 0.2) is 53.5 Å². The van der Waals surface area contributed by atoms with Gasteiger partial charge in [0, 0.05) is 42.8 Å². The van der Waals surface area contributed by atoms with Crippen LogP contribution in [0.5, 0.6) is 0 Å². The maximum absolute atomic E-state index is 12.8. The van der Waals surface area contributed by atoms with Crippen LogP contribution in [-0.2, 0) is 12.7 Å². The summed E-state index contributed by atoms with van der Waals surface area (Å²) in [5.41, 5.74) is 3.00. The number of allylic oxidation sites excluding steroid dienone is 1. The molecule has 158 valence electrons. The molecular weight excluding hydrogens is 393 g/mol. The number of alkyl halides is 3. The fraction of sp³-hybridized carbons (Fsp3) is 0.273. The van der Waals surface area contributed by atoms with E-state index in [1.54, 1.807) is 11.1 Å². The van der Waals surface area contributed by atoms with Crippen molar-refractivity contribution in [3.63, 3.8) is 0 Å². The fourth-order valence-electron chi connectivity index (χ4n) is 3.23. The zero-order chi connectivity index (χ0) is 21.7. The zero-order valence-corrected chi connectivity index (χ0v) is 16.8. The van der Waals surface area contributed by atoms with Crippen molar-refractivity contribution in [2.24, 2.45) is 4.99 Å². The molecule has 0 unspecified atom stereocenters. The Labute approximate surface area is 173 Å². The maximum atomic E-state index is 12.8. The van der Waals surface area contributed by atoms with Gasteiger partial charge in [0.15, 0.2) is 0 Å². The van der Waals surface area contributed by atoms with E-state index in [0.29, 0.717) is 31.0 Å². The number of anilines is 2. The molecular formula is C22H23F3N4O. The van der Waals surface area contributed by atoms with Gasteiger partial charge in [0.1, 0.15) is 0 Å². The van der Waals surface area contributed by atoms with Crippen LogP contribution >= 0.6 is 0 Å². The minimum Gasteiger partial charge on any atom is -0.355 e. The number of nitrogens with one attached hydrogen (secondary N) is 2. The lowest BCUT2D eigenvalue weighted by atomic mass is 10.0. The molecule has 1 aliphatic rings. The van der Waals surface area contributed by atoms with Gasteiger partial charge in [-0.3, -0.25) is 4.99 Å². The molecule has 5 nitrogen and oxygen atoms in total. The standard InChI is InChI=1S/C22H23F3N4O/c1-3-19(26-4-2)18-13-15(14-29-12-11-27-21(29)30)5-10-20(18)28-17-8-6-16(7-9-17)22(23,24)25/h3-10,13,28H,11-12,14H2,1-2H3,(H,27,30)/b19-3-,26-4?.